The molecule has 1 saturated carbocycles. The number of sulfone groups is 1. The van der Waals surface area contributed by atoms with Crippen molar-refractivity contribution in [1.29, 1.82) is 0 Å². The highest BCUT2D eigenvalue weighted by Crippen LogP contribution is 2.24. The topological polar surface area (TPSA) is 46.2 Å². The molecule has 0 heterocycles. The van der Waals surface area contributed by atoms with Crippen LogP contribution >= 0.6 is 11.6 Å². The number of hydrogen-bond donors (Lipinski definition) is 1. The van der Waals surface area contributed by atoms with E-state index in [0.717, 1.165) is 12.8 Å². The molecule has 1 rings (SSSR count). The molecule has 1 aliphatic carbocycles. The number of hydrogen-bond acceptors (Lipinski definition) is 3. The summed E-state index contributed by atoms with van der Waals surface area (Å²) in [5.41, 5.74) is 0. The van der Waals surface area contributed by atoms with Crippen LogP contribution in [0.2, 0.25) is 0 Å². The zero-order valence-corrected chi connectivity index (χ0v) is 10.2. The lowest BCUT2D eigenvalue weighted by molar-refractivity contribution is 0.353. The van der Waals surface area contributed by atoms with E-state index in [4.69, 9.17) is 11.6 Å². The summed E-state index contributed by atoms with van der Waals surface area (Å²) in [4.78, 5) is 0. The maximum Gasteiger partial charge on any atom is 0.153 e. The molecule has 1 N–H and O–H groups in total. The first-order chi connectivity index (χ1) is 6.42. The van der Waals surface area contributed by atoms with Crippen LogP contribution in [0.4, 0.5) is 0 Å². The van der Waals surface area contributed by atoms with Gasteiger partial charge < -0.3 is 5.32 Å². The van der Waals surface area contributed by atoms with Crippen LogP contribution in [0, 0.1) is 0 Å². The van der Waals surface area contributed by atoms with Gasteiger partial charge in [0.2, 0.25) is 0 Å². The molecular weight excluding hydrogens is 222 g/mol. The van der Waals surface area contributed by atoms with E-state index >= 15 is 0 Å². The summed E-state index contributed by atoms with van der Waals surface area (Å²) < 4.78 is 22.8. The number of rotatable bonds is 5. The third kappa shape index (κ3) is 3.41. The second-order valence-electron chi connectivity index (χ2n) is 4.14. The van der Waals surface area contributed by atoms with Crippen molar-refractivity contribution in [2.45, 2.75) is 43.4 Å². The average molecular weight is 240 g/mol. The van der Waals surface area contributed by atoms with Crippen LogP contribution in [0.5, 0.6) is 0 Å². The van der Waals surface area contributed by atoms with Gasteiger partial charge in [-0.2, -0.15) is 0 Å². The van der Waals surface area contributed by atoms with Gasteiger partial charge >= 0.3 is 0 Å². The van der Waals surface area contributed by atoms with Crippen molar-refractivity contribution in [3.05, 3.63) is 0 Å². The third-order valence-corrected chi connectivity index (χ3v) is 5.18. The highest BCUT2D eigenvalue weighted by molar-refractivity contribution is 7.92. The Morgan fingerprint density at radius 2 is 2.00 bits per heavy atom. The summed E-state index contributed by atoms with van der Waals surface area (Å²) in [6.07, 6.45) is 1.92. The SMILES string of the molecule is CC(C)S(=O)(=O)CCNC1CC(Cl)C1. The molecule has 0 atom stereocenters. The van der Waals surface area contributed by atoms with Crippen LogP contribution in [0.3, 0.4) is 0 Å². The molecule has 5 heteroatoms. The zero-order valence-electron chi connectivity index (χ0n) is 8.66. The van der Waals surface area contributed by atoms with Gasteiger partial charge in [-0.3, -0.25) is 0 Å². The molecule has 0 bridgehead atoms. The monoisotopic (exact) mass is 239 g/mol. The second kappa shape index (κ2) is 4.81. The molecule has 1 fully saturated rings. The molecule has 3 nitrogen and oxygen atoms in total. The van der Waals surface area contributed by atoms with E-state index in [0.29, 0.717) is 12.6 Å². The summed E-state index contributed by atoms with van der Waals surface area (Å²) >= 11 is 5.80. The molecule has 0 amide bonds. The lowest BCUT2D eigenvalue weighted by Gasteiger charge is -2.31. The number of halogens is 1. The van der Waals surface area contributed by atoms with Crippen LogP contribution in [0.15, 0.2) is 0 Å². The third-order valence-electron chi connectivity index (χ3n) is 2.62. The van der Waals surface area contributed by atoms with Gasteiger partial charge in [-0.15, -0.1) is 11.6 Å². The van der Waals surface area contributed by atoms with Crippen LogP contribution in [0.25, 0.3) is 0 Å². The summed E-state index contributed by atoms with van der Waals surface area (Å²) in [6, 6.07) is 0.430. The second-order valence-corrected chi connectivity index (χ2v) is 7.43. The van der Waals surface area contributed by atoms with Crippen LogP contribution < -0.4 is 5.32 Å². The van der Waals surface area contributed by atoms with Crippen molar-refractivity contribution in [3.63, 3.8) is 0 Å². The summed E-state index contributed by atoms with van der Waals surface area (Å²) in [5, 5.41) is 3.21. The Morgan fingerprint density at radius 1 is 1.43 bits per heavy atom. The highest BCUT2D eigenvalue weighted by atomic mass is 35.5. The van der Waals surface area contributed by atoms with Crippen LogP contribution in [-0.4, -0.2) is 37.4 Å². The Bertz CT molecular complexity index is 271. The van der Waals surface area contributed by atoms with E-state index in [2.05, 4.69) is 5.32 Å². The Hall–Kier alpha value is 0.200. The lowest BCUT2D eigenvalue weighted by atomic mass is 9.92. The minimum Gasteiger partial charge on any atom is -0.313 e. The maximum atomic E-state index is 11.4. The quantitative estimate of drug-likeness (QED) is 0.733. The molecule has 14 heavy (non-hydrogen) atoms. The summed E-state index contributed by atoms with van der Waals surface area (Å²) in [5.74, 6) is 0.230. The highest BCUT2D eigenvalue weighted by Gasteiger charge is 2.27. The molecule has 84 valence electrons. The van der Waals surface area contributed by atoms with Gasteiger partial charge in [0, 0.05) is 18.0 Å². The van der Waals surface area contributed by atoms with E-state index in [-0.39, 0.29) is 16.4 Å². The molecule has 0 aliphatic heterocycles. The fraction of sp³-hybridized carbons (Fsp3) is 1.00. The molecule has 0 unspecified atom stereocenters. The number of alkyl halides is 1. The van der Waals surface area contributed by atoms with Gasteiger partial charge in [0.1, 0.15) is 0 Å². The van der Waals surface area contributed by atoms with E-state index in [9.17, 15) is 8.42 Å². The molecule has 0 aromatic heterocycles. The fourth-order valence-corrected chi connectivity index (χ4v) is 2.66. The summed E-state index contributed by atoms with van der Waals surface area (Å²) in [7, 11) is -2.89. The Balaban J connectivity index is 2.15. The Kier molecular flexibility index (Phi) is 4.22. The van der Waals surface area contributed by atoms with Gasteiger partial charge in [0.05, 0.1) is 11.0 Å². The van der Waals surface area contributed by atoms with Crippen LogP contribution in [0.1, 0.15) is 26.7 Å². The zero-order chi connectivity index (χ0) is 10.8. The lowest BCUT2D eigenvalue weighted by Crippen LogP contribution is -2.44. The van der Waals surface area contributed by atoms with Crippen molar-refractivity contribution in [3.8, 4) is 0 Å². The predicted molar refractivity (Wildman–Crippen MR) is 59.6 cm³/mol. The van der Waals surface area contributed by atoms with E-state index in [1.807, 2.05) is 0 Å². The van der Waals surface area contributed by atoms with Gasteiger partial charge in [-0.1, -0.05) is 0 Å². The first kappa shape index (κ1) is 12.3. The first-order valence-electron chi connectivity index (χ1n) is 5.01. The van der Waals surface area contributed by atoms with Crippen molar-refractivity contribution in [1.82, 2.24) is 5.32 Å². The van der Waals surface area contributed by atoms with Gasteiger partial charge in [0.25, 0.3) is 0 Å². The maximum absolute atomic E-state index is 11.4. The Morgan fingerprint density at radius 3 is 2.43 bits per heavy atom. The molecule has 0 spiro atoms. The molecule has 0 saturated heterocycles. The van der Waals surface area contributed by atoms with E-state index in [1.54, 1.807) is 13.8 Å². The minimum atomic E-state index is -2.89. The Labute approximate surface area is 91.1 Å². The van der Waals surface area contributed by atoms with Crippen molar-refractivity contribution >= 4 is 21.4 Å². The summed E-state index contributed by atoms with van der Waals surface area (Å²) in [6.45, 7) is 3.98. The van der Waals surface area contributed by atoms with Crippen molar-refractivity contribution in [2.24, 2.45) is 0 Å². The van der Waals surface area contributed by atoms with Gasteiger partial charge in [-0.05, 0) is 26.7 Å². The molecule has 0 radical (unpaired) electrons. The first-order valence-corrected chi connectivity index (χ1v) is 7.16. The van der Waals surface area contributed by atoms with E-state index < -0.39 is 9.84 Å². The molecule has 1 aliphatic rings. The van der Waals surface area contributed by atoms with Crippen molar-refractivity contribution in [2.75, 3.05) is 12.3 Å². The largest absolute Gasteiger partial charge is 0.313 e. The van der Waals surface area contributed by atoms with Crippen molar-refractivity contribution < 1.29 is 8.42 Å². The average Bonchev–Trinajstić information content (AvgIpc) is 2.00. The molecule has 0 aromatic carbocycles. The molecular formula is C9H18ClNO2S. The minimum absolute atomic E-state index is 0.230. The number of nitrogens with one attached hydrogen (secondary N) is 1. The fourth-order valence-electron chi connectivity index (χ4n) is 1.36. The molecule has 0 aromatic rings. The van der Waals surface area contributed by atoms with E-state index in [1.165, 1.54) is 0 Å². The smallest absolute Gasteiger partial charge is 0.153 e. The standard InChI is InChI=1S/C9H18ClNO2S/c1-7(2)14(12,13)4-3-11-9-5-8(10)6-9/h7-9,11H,3-6H2,1-2H3. The van der Waals surface area contributed by atoms with Crippen LogP contribution in [-0.2, 0) is 9.84 Å². The van der Waals surface area contributed by atoms with Gasteiger partial charge in [-0.25, -0.2) is 8.42 Å². The predicted octanol–water partition coefficient (Wildman–Crippen LogP) is 1.17. The normalized spacial score (nSPS) is 27.7. The van der Waals surface area contributed by atoms with Gasteiger partial charge in [0.15, 0.2) is 9.84 Å².